The van der Waals surface area contributed by atoms with E-state index in [1.54, 1.807) is 0 Å². The summed E-state index contributed by atoms with van der Waals surface area (Å²) in [4.78, 5) is -0.387. The number of methoxy groups -OCH3 is 1. The number of hydrogen-bond donors (Lipinski definition) is 0. The summed E-state index contributed by atoms with van der Waals surface area (Å²) >= 11 is 2.89. The maximum Gasteiger partial charge on any atom is 0.265 e. The minimum Gasteiger partial charge on any atom is -0.492 e. The van der Waals surface area contributed by atoms with Crippen LogP contribution in [0.25, 0.3) is 0 Å². The summed E-state index contributed by atoms with van der Waals surface area (Å²) in [5.41, 5.74) is 0. The van der Waals surface area contributed by atoms with Gasteiger partial charge in [0, 0.05) is 10.7 Å². The first-order chi connectivity index (χ1) is 6.38. The molecular formula is C7H5BrClFO3S. The molecule has 0 atom stereocenters. The lowest BCUT2D eigenvalue weighted by Crippen LogP contribution is -1.99. The summed E-state index contributed by atoms with van der Waals surface area (Å²) in [5, 5.41) is 0. The van der Waals surface area contributed by atoms with Crippen molar-refractivity contribution in [2.75, 3.05) is 7.11 Å². The molecule has 0 saturated carbocycles. The molecule has 14 heavy (non-hydrogen) atoms. The number of halogens is 3. The van der Waals surface area contributed by atoms with E-state index >= 15 is 0 Å². The molecule has 0 aliphatic heterocycles. The summed E-state index contributed by atoms with van der Waals surface area (Å²) in [5.74, 6) is -1.19. The van der Waals surface area contributed by atoms with Gasteiger partial charge in [0.05, 0.1) is 11.6 Å². The first kappa shape index (κ1) is 11.7. The highest BCUT2D eigenvalue weighted by molar-refractivity contribution is 9.10. The van der Waals surface area contributed by atoms with Crippen molar-refractivity contribution in [3.63, 3.8) is 0 Å². The lowest BCUT2D eigenvalue weighted by Gasteiger charge is -2.07. The van der Waals surface area contributed by atoms with Gasteiger partial charge in [0.1, 0.15) is 4.90 Å². The second-order valence-electron chi connectivity index (χ2n) is 2.33. The summed E-state index contributed by atoms with van der Waals surface area (Å²) in [6.07, 6.45) is 0. The molecule has 0 radical (unpaired) electrons. The third kappa shape index (κ3) is 2.18. The van der Waals surface area contributed by atoms with Gasteiger partial charge in [0.2, 0.25) is 0 Å². The molecule has 0 amide bonds. The van der Waals surface area contributed by atoms with Crippen LogP contribution in [0.5, 0.6) is 5.75 Å². The molecule has 0 saturated heterocycles. The topological polar surface area (TPSA) is 43.4 Å². The van der Waals surface area contributed by atoms with Crippen molar-refractivity contribution in [3.8, 4) is 5.75 Å². The highest BCUT2D eigenvalue weighted by atomic mass is 79.9. The van der Waals surface area contributed by atoms with Crippen molar-refractivity contribution in [3.05, 3.63) is 22.4 Å². The fourth-order valence-electron chi connectivity index (χ4n) is 0.897. The van der Waals surface area contributed by atoms with E-state index in [1.165, 1.54) is 6.07 Å². The second kappa shape index (κ2) is 4.04. The Labute approximate surface area is 93.4 Å². The minimum absolute atomic E-state index is 0.110. The van der Waals surface area contributed by atoms with Crippen molar-refractivity contribution in [1.82, 2.24) is 0 Å². The highest BCUT2D eigenvalue weighted by Gasteiger charge is 2.21. The number of hydrogen-bond acceptors (Lipinski definition) is 3. The van der Waals surface area contributed by atoms with E-state index in [1.807, 2.05) is 0 Å². The molecule has 0 bridgehead atoms. The Kier molecular flexibility index (Phi) is 3.39. The zero-order valence-electron chi connectivity index (χ0n) is 6.92. The van der Waals surface area contributed by atoms with Gasteiger partial charge in [-0.3, -0.25) is 0 Å². The Morgan fingerprint density at radius 2 is 2.07 bits per heavy atom. The molecule has 1 rings (SSSR count). The minimum atomic E-state index is -4.00. The van der Waals surface area contributed by atoms with Crippen LogP contribution in [0.4, 0.5) is 4.39 Å². The van der Waals surface area contributed by atoms with Crippen molar-refractivity contribution < 1.29 is 17.5 Å². The van der Waals surface area contributed by atoms with Gasteiger partial charge in [-0.25, -0.2) is 12.8 Å². The number of rotatable bonds is 2. The Morgan fingerprint density at radius 1 is 1.50 bits per heavy atom. The molecule has 78 valence electrons. The number of ether oxygens (including phenoxy) is 1. The molecule has 0 aliphatic carbocycles. The van der Waals surface area contributed by atoms with Gasteiger partial charge in [-0.15, -0.1) is 0 Å². The van der Waals surface area contributed by atoms with Crippen LogP contribution in [0.1, 0.15) is 0 Å². The van der Waals surface area contributed by atoms with Crippen LogP contribution in [0.15, 0.2) is 21.5 Å². The summed E-state index contributed by atoms with van der Waals surface area (Å²) in [6.45, 7) is 0. The SMILES string of the molecule is COc1c(S(=O)(=O)Cl)ccc(Br)c1F. The third-order valence-corrected chi connectivity index (χ3v) is 3.44. The molecule has 0 aromatic heterocycles. The van der Waals surface area contributed by atoms with Crippen LogP contribution in [-0.2, 0) is 9.05 Å². The van der Waals surface area contributed by atoms with E-state index in [9.17, 15) is 12.8 Å². The van der Waals surface area contributed by atoms with E-state index in [4.69, 9.17) is 10.7 Å². The van der Waals surface area contributed by atoms with Crippen molar-refractivity contribution in [2.24, 2.45) is 0 Å². The highest BCUT2D eigenvalue weighted by Crippen LogP contribution is 2.33. The molecule has 0 spiro atoms. The zero-order chi connectivity index (χ0) is 10.9. The molecule has 0 heterocycles. The quantitative estimate of drug-likeness (QED) is 0.789. The van der Waals surface area contributed by atoms with E-state index in [0.29, 0.717) is 0 Å². The summed E-state index contributed by atoms with van der Waals surface area (Å²) in [7, 11) is 2.24. The molecule has 0 N–H and O–H groups in total. The van der Waals surface area contributed by atoms with Crippen LogP contribution >= 0.6 is 26.6 Å². The Morgan fingerprint density at radius 3 is 2.50 bits per heavy atom. The van der Waals surface area contributed by atoms with Crippen LogP contribution in [0.3, 0.4) is 0 Å². The van der Waals surface area contributed by atoms with E-state index in [2.05, 4.69) is 20.7 Å². The van der Waals surface area contributed by atoms with Crippen LogP contribution in [-0.4, -0.2) is 15.5 Å². The van der Waals surface area contributed by atoms with Crippen molar-refractivity contribution >= 4 is 35.7 Å². The monoisotopic (exact) mass is 302 g/mol. The molecule has 0 unspecified atom stereocenters. The normalized spacial score (nSPS) is 11.4. The predicted molar refractivity (Wildman–Crippen MR) is 53.7 cm³/mol. The molecule has 0 fully saturated rings. The smallest absolute Gasteiger partial charge is 0.265 e. The lowest BCUT2D eigenvalue weighted by molar-refractivity contribution is 0.373. The number of benzene rings is 1. The van der Waals surface area contributed by atoms with Gasteiger partial charge in [0.15, 0.2) is 11.6 Å². The average molecular weight is 304 g/mol. The van der Waals surface area contributed by atoms with Gasteiger partial charge < -0.3 is 4.74 Å². The average Bonchev–Trinajstić information content (AvgIpc) is 2.07. The first-order valence-electron chi connectivity index (χ1n) is 3.34. The van der Waals surface area contributed by atoms with Gasteiger partial charge in [-0.05, 0) is 28.1 Å². The largest absolute Gasteiger partial charge is 0.492 e. The van der Waals surface area contributed by atoms with Crippen molar-refractivity contribution in [2.45, 2.75) is 4.90 Å². The maximum absolute atomic E-state index is 13.3. The maximum atomic E-state index is 13.3. The van der Waals surface area contributed by atoms with E-state index in [-0.39, 0.29) is 9.37 Å². The predicted octanol–water partition coefficient (Wildman–Crippen LogP) is 2.52. The molecule has 1 aromatic rings. The second-order valence-corrected chi connectivity index (χ2v) is 5.72. The van der Waals surface area contributed by atoms with E-state index < -0.39 is 20.6 Å². The Balaban J connectivity index is 3.55. The standard InChI is InChI=1S/C7H5BrClFO3S/c1-13-7-5(14(9,11)12)3-2-4(8)6(7)10/h2-3H,1H3. The van der Waals surface area contributed by atoms with Gasteiger partial charge in [0.25, 0.3) is 9.05 Å². The molecule has 3 nitrogen and oxygen atoms in total. The summed E-state index contributed by atoms with van der Waals surface area (Å²) < 4.78 is 40.0. The molecular weight excluding hydrogens is 298 g/mol. The first-order valence-corrected chi connectivity index (χ1v) is 6.45. The lowest BCUT2D eigenvalue weighted by atomic mass is 10.3. The van der Waals surface area contributed by atoms with Crippen LogP contribution < -0.4 is 4.74 Å². The molecule has 0 aliphatic rings. The molecule has 1 aromatic carbocycles. The fraction of sp³-hybridized carbons (Fsp3) is 0.143. The van der Waals surface area contributed by atoms with Crippen LogP contribution in [0, 0.1) is 5.82 Å². The third-order valence-electron chi connectivity index (χ3n) is 1.48. The fourth-order valence-corrected chi connectivity index (χ4v) is 2.20. The Bertz CT molecular complexity index is 460. The van der Waals surface area contributed by atoms with Gasteiger partial charge in [-0.2, -0.15) is 0 Å². The summed E-state index contributed by atoms with van der Waals surface area (Å²) in [6, 6.07) is 2.40. The zero-order valence-corrected chi connectivity index (χ0v) is 10.1. The van der Waals surface area contributed by atoms with Gasteiger partial charge in [-0.1, -0.05) is 0 Å². The van der Waals surface area contributed by atoms with E-state index in [0.717, 1.165) is 13.2 Å². The van der Waals surface area contributed by atoms with Crippen molar-refractivity contribution in [1.29, 1.82) is 0 Å². The Hall–Kier alpha value is -0.330. The van der Waals surface area contributed by atoms with Crippen LogP contribution in [0.2, 0.25) is 0 Å². The molecule has 7 heteroatoms. The van der Waals surface area contributed by atoms with Gasteiger partial charge >= 0.3 is 0 Å².